The zero-order chi connectivity index (χ0) is 13.9. The first-order valence-electron chi connectivity index (χ1n) is 7.59. The van der Waals surface area contributed by atoms with Crippen molar-refractivity contribution < 1.29 is 4.79 Å². The van der Waals surface area contributed by atoms with Gasteiger partial charge in [-0.25, -0.2) is 0 Å². The number of hydrogen-bond acceptors (Lipinski definition) is 4. The van der Waals surface area contributed by atoms with Gasteiger partial charge in [0.05, 0.1) is 11.9 Å². The molecule has 3 heterocycles. The maximum absolute atomic E-state index is 12.2. The second-order valence-electron chi connectivity index (χ2n) is 5.85. The summed E-state index contributed by atoms with van der Waals surface area (Å²) < 4.78 is 0. The Hall–Kier alpha value is -1.43. The van der Waals surface area contributed by atoms with Crippen LogP contribution in [0.5, 0.6) is 0 Å². The standard InChI is InChI=1S/C14H23N5O/c1-17-15-10-12(16-17)4-5-14(20)19-9-6-13(11-19)18-7-2-3-8-18/h10,13H,2-9,11H2,1H3. The average molecular weight is 277 g/mol. The van der Waals surface area contributed by atoms with Crippen LogP contribution < -0.4 is 0 Å². The molecule has 0 aromatic carbocycles. The van der Waals surface area contributed by atoms with E-state index in [9.17, 15) is 4.79 Å². The van der Waals surface area contributed by atoms with Gasteiger partial charge in [0.15, 0.2) is 0 Å². The topological polar surface area (TPSA) is 54.3 Å². The van der Waals surface area contributed by atoms with E-state index >= 15 is 0 Å². The summed E-state index contributed by atoms with van der Waals surface area (Å²) in [6.45, 7) is 4.26. The van der Waals surface area contributed by atoms with Gasteiger partial charge < -0.3 is 4.90 Å². The molecular weight excluding hydrogens is 254 g/mol. The van der Waals surface area contributed by atoms with Gasteiger partial charge in [-0.3, -0.25) is 9.69 Å². The Kier molecular flexibility index (Phi) is 4.00. The van der Waals surface area contributed by atoms with Crippen LogP contribution in [-0.4, -0.2) is 62.9 Å². The summed E-state index contributed by atoms with van der Waals surface area (Å²) in [7, 11) is 1.80. The molecule has 2 aliphatic rings. The van der Waals surface area contributed by atoms with Crippen LogP contribution in [0.3, 0.4) is 0 Å². The lowest BCUT2D eigenvalue weighted by Crippen LogP contribution is -2.37. The molecule has 2 saturated heterocycles. The smallest absolute Gasteiger partial charge is 0.223 e. The van der Waals surface area contributed by atoms with Crippen LogP contribution in [0.25, 0.3) is 0 Å². The van der Waals surface area contributed by atoms with Gasteiger partial charge >= 0.3 is 0 Å². The summed E-state index contributed by atoms with van der Waals surface area (Å²) in [6.07, 6.45) is 6.75. The van der Waals surface area contributed by atoms with E-state index in [1.54, 1.807) is 18.0 Å². The Balaban J connectivity index is 1.46. The van der Waals surface area contributed by atoms with Gasteiger partial charge in [0, 0.05) is 39.0 Å². The molecule has 0 N–H and O–H groups in total. The van der Waals surface area contributed by atoms with Crippen LogP contribution in [0.2, 0.25) is 0 Å². The SMILES string of the molecule is Cn1ncc(CCC(=O)N2CCC(N3CCCC3)C2)n1. The first-order chi connectivity index (χ1) is 9.72. The number of aryl methyl sites for hydroxylation is 2. The van der Waals surface area contributed by atoms with Crippen LogP contribution in [-0.2, 0) is 18.3 Å². The fraction of sp³-hybridized carbons (Fsp3) is 0.786. The zero-order valence-electron chi connectivity index (χ0n) is 12.2. The van der Waals surface area contributed by atoms with Crippen molar-refractivity contribution in [2.75, 3.05) is 26.2 Å². The van der Waals surface area contributed by atoms with E-state index in [4.69, 9.17) is 0 Å². The van der Waals surface area contributed by atoms with E-state index < -0.39 is 0 Å². The minimum atomic E-state index is 0.261. The highest BCUT2D eigenvalue weighted by Crippen LogP contribution is 2.21. The minimum Gasteiger partial charge on any atom is -0.341 e. The van der Waals surface area contributed by atoms with Gasteiger partial charge in [-0.05, 0) is 32.4 Å². The first-order valence-corrected chi connectivity index (χ1v) is 7.59. The summed E-state index contributed by atoms with van der Waals surface area (Å²) in [5, 5.41) is 8.24. The Morgan fingerprint density at radius 3 is 2.85 bits per heavy atom. The van der Waals surface area contributed by atoms with Crippen molar-refractivity contribution in [3.8, 4) is 0 Å². The summed E-state index contributed by atoms with van der Waals surface area (Å²) in [5.41, 5.74) is 0.899. The van der Waals surface area contributed by atoms with Gasteiger partial charge in [-0.2, -0.15) is 15.0 Å². The number of carbonyl (C=O) groups excluding carboxylic acids is 1. The predicted octanol–water partition coefficient (Wildman–Crippen LogP) is 0.444. The molecule has 1 amide bonds. The zero-order valence-corrected chi connectivity index (χ0v) is 12.2. The van der Waals surface area contributed by atoms with E-state index in [0.29, 0.717) is 18.9 Å². The minimum absolute atomic E-state index is 0.261. The molecule has 6 heteroatoms. The molecule has 0 bridgehead atoms. The average Bonchev–Trinajstić information content (AvgIpc) is 3.16. The molecule has 0 aliphatic carbocycles. The van der Waals surface area contributed by atoms with Crippen molar-refractivity contribution in [3.05, 3.63) is 11.9 Å². The van der Waals surface area contributed by atoms with Crippen molar-refractivity contribution in [1.82, 2.24) is 24.8 Å². The number of carbonyl (C=O) groups is 1. The molecule has 1 atom stereocenters. The molecule has 1 aromatic rings. The molecule has 110 valence electrons. The molecular formula is C14H23N5O. The number of amides is 1. The van der Waals surface area contributed by atoms with Gasteiger partial charge in [0.1, 0.15) is 0 Å². The van der Waals surface area contributed by atoms with Crippen molar-refractivity contribution in [3.63, 3.8) is 0 Å². The quantitative estimate of drug-likeness (QED) is 0.801. The summed E-state index contributed by atoms with van der Waals surface area (Å²) in [6, 6.07) is 0.595. The van der Waals surface area contributed by atoms with Gasteiger partial charge in [-0.1, -0.05) is 0 Å². The Morgan fingerprint density at radius 2 is 2.15 bits per heavy atom. The predicted molar refractivity (Wildman–Crippen MR) is 75.1 cm³/mol. The molecule has 1 aromatic heterocycles. The van der Waals surface area contributed by atoms with E-state index in [0.717, 1.165) is 25.2 Å². The van der Waals surface area contributed by atoms with Crippen LogP contribution >= 0.6 is 0 Å². The Labute approximate surface area is 119 Å². The third-order valence-corrected chi connectivity index (χ3v) is 4.42. The number of aromatic nitrogens is 3. The molecule has 3 rings (SSSR count). The van der Waals surface area contributed by atoms with Crippen molar-refractivity contribution in [2.45, 2.75) is 38.1 Å². The normalized spacial score (nSPS) is 23.6. The second kappa shape index (κ2) is 5.91. The lowest BCUT2D eigenvalue weighted by molar-refractivity contribution is -0.130. The Bertz CT molecular complexity index is 466. The van der Waals surface area contributed by atoms with E-state index in [2.05, 4.69) is 15.1 Å². The number of rotatable bonds is 4. The van der Waals surface area contributed by atoms with Crippen LogP contribution in [0, 0.1) is 0 Å². The maximum Gasteiger partial charge on any atom is 0.223 e. The largest absolute Gasteiger partial charge is 0.341 e. The number of hydrogen-bond donors (Lipinski definition) is 0. The molecule has 0 spiro atoms. The molecule has 6 nitrogen and oxygen atoms in total. The Morgan fingerprint density at radius 1 is 1.35 bits per heavy atom. The van der Waals surface area contributed by atoms with Crippen molar-refractivity contribution in [2.24, 2.45) is 7.05 Å². The highest BCUT2D eigenvalue weighted by molar-refractivity contribution is 5.76. The number of likely N-dealkylation sites (tertiary alicyclic amines) is 2. The fourth-order valence-corrected chi connectivity index (χ4v) is 3.27. The fourth-order valence-electron chi connectivity index (χ4n) is 3.27. The van der Waals surface area contributed by atoms with E-state index in [1.165, 1.54) is 25.9 Å². The lowest BCUT2D eigenvalue weighted by Gasteiger charge is -2.23. The molecule has 2 fully saturated rings. The van der Waals surface area contributed by atoms with Gasteiger partial charge in [-0.15, -0.1) is 0 Å². The highest BCUT2D eigenvalue weighted by Gasteiger charge is 2.31. The van der Waals surface area contributed by atoms with Gasteiger partial charge in [0.25, 0.3) is 0 Å². The third kappa shape index (κ3) is 3.00. The maximum atomic E-state index is 12.2. The highest BCUT2D eigenvalue weighted by atomic mass is 16.2. The molecule has 0 saturated carbocycles. The third-order valence-electron chi connectivity index (χ3n) is 4.42. The van der Waals surface area contributed by atoms with Gasteiger partial charge in [0.2, 0.25) is 5.91 Å². The van der Waals surface area contributed by atoms with Crippen LogP contribution in [0.15, 0.2) is 6.20 Å². The first kappa shape index (κ1) is 13.5. The molecule has 1 unspecified atom stereocenters. The molecule has 0 radical (unpaired) electrons. The van der Waals surface area contributed by atoms with Crippen LogP contribution in [0.4, 0.5) is 0 Å². The summed E-state index contributed by atoms with van der Waals surface area (Å²) >= 11 is 0. The summed E-state index contributed by atoms with van der Waals surface area (Å²) in [4.78, 5) is 18.4. The monoisotopic (exact) mass is 277 g/mol. The lowest BCUT2D eigenvalue weighted by atomic mass is 10.2. The number of nitrogens with zero attached hydrogens (tertiary/aromatic N) is 5. The van der Waals surface area contributed by atoms with Crippen molar-refractivity contribution >= 4 is 5.91 Å². The van der Waals surface area contributed by atoms with E-state index in [1.807, 2.05) is 4.90 Å². The molecule has 20 heavy (non-hydrogen) atoms. The summed E-state index contributed by atoms with van der Waals surface area (Å²) in [5.74, 6) is 0.261. The van der Waals surface area contributed by atoms with Crippen molar-refractivity contribution in [1.29, 1.82) is 0 Å². The van der Waals surface area contributed by atoms with E-state index in [-0.39, 0.29) is 5.91 Å². The second-order valence-corrected chi connectivity index (χ2v) is 5.85. The molecule has 2 aliphatic heterocycles. The van der Waals surface area contributed by atoms with Crippen LogP contribution in [0.1, 0.15) is 31.4 Å².